The number of amides is 1. The molecule has 0 saturated heterocycles. The van der Waals surface area contributed by atoms with E-state index in [-0.39, 0.29) is 24.6 Å². The summed E-state index contributed by atoms with van der Waals surface area (Å²) < 4.78 is 38.0. The van der Waals surface area contributed by atoms with Crippen LogP contribution in [-0.2, 0) is 17.5 Å². The van der Waals surface area contributed by atoms with Gasteiger partial charge in [-0.3, -0.25) is 9.78 Å². The molecule has 0 saturated carbocycles. The van der Waals surface area contributed by atoms with Gasteiger partial charge in [-0.2, -0.15) is 13.2 Å². The van der Waals surface area contributed by atoms with E-state index >= 15 is 0 Å². The number of alkyl halides is 3. The lowest BCUT2D eigenvalue weighted by atomic mass is 10.2. The third-order valence-electron chi connectivity index (χ3n) is 2.48. The Morgan fingerprint density at radius 1 is 1.42 bits per heavy atom. The average molecular weight is 275 g/mol. The molecule has 0 aliphatic carbocycles. The van der Waals surface area contributed by atoms with Gasteiger partial charge in [-0.05, 0) is 32.1 Å². The van der Waals surface area contributed by atoms with E-state index in [1.54, 1.807) is 7.05 Å². The largest absolute Gasteiger partial charge is 0.418 e. The maximum Gasteiger partial charge on any atom is 0.418 e. The molecule has 1 heterocycles. The summed E-state index contributed by atoms with van der Waals surface area (Å²) in [6.07, 6.45) is -2.27. The van der Waals surface area contributed by atoms with Crippen LogP contribution in [0.15, 0.2) is 18.3 Å². The molecule has 4 nitrogen and oxygen atoms in total. The molecule has 0 aliphatic heterocycles. The molecule has 1 aromatic rings. The van der Waals surface area contributed by atoms with E-state index in [4.69, 9.17) is 0 Å². The predicted molar refractivity (Wildman–Crippen MR) is 64.2 cm³/mol. The average Bonchev–Trinajstić information content (AvgIpc) is 2.36. The number of pyridine rings is 1. The summed E-state index contributed by atoms with van der Waals surface area (Å²) in [4.78, 5) is 15.1. The van der Waals surface area contributed by atoms with Gasteiger partial charge in [0.15, 0.2) is 0 Å². The van der Waals surface area contributed by atoms with E-state index in [0.717, 1.165) is 6.07 Å². The first-order chi connectivity index (χ1) is 8.95. The molecule has 1 rings (SSSR count). The number of halogens is 3. The number of carbonyl (C=O) groups is 1. The van der Waals surface area contributed by atoms with Crippen LogP contribution in [0.25, 0.3) is 0 Å². The smallest absolute Gasteiger partial charge is 0.350 e. The second-order valence-electron chi connectivity index (χ2n) is 3.98. The second kappa shape index (κ2) is 7.08. The molecule has 19 heavy (non-hydrogen) atoms. The van der Waals surface area contributed by atoms with Crippen LogP contribution in [-0.4, -0.2) is 24.5 Å². The number of carbonyl (C=O) groups excluding carboxylic acids is 1. The molecule has 0 aliphatic rings. The predicted octanol–water partition coefficient (Wildman–Crippen LogP) is 1.72. The van der Waals surface area contributed by atoms with Crippen molar-refractivity contribution in [1.82, 2.24) is 15.6 Å². The molecular weight excluding hydrogens is 259 g/mol. The maximum absolute atomic E-state index is 12.7. The van der Waals surface area contributed by atoms with Crippen molar-refractivity contribution in [2.24, 2.45) is 0 Å². The zero-order chi connectivity index (χ0) is 14.3. The molecule has 0 fully saturated rings. The fraction of sp³-hybridized carbons (Fsp3) is 0.500. The van der Waals surface area contributed by atoms with E-state index < -0.39 is 11.7 Å². The molecular formula is C12H16F3N3O. The van der Waals surface area contributed by atoms with E-state index in [2.05, 4.69) is 15.6 Å². The maximum atomic E-state index is 12.7. The van der Waals surface area contributed by atoms with Crippen LogP contribution in [0.3, 0.4) is 0 Å². The molecule has 0 unspecified atom stereocenters. The minimum absolute atomic E-state index is 0.169. The van der Waals surface area contributed by atoms with Crippen molar-refractivity contribution < 1.29 is 18.0 Å². The van der Waals surface area contributed by atoms with Gasteiger partial charge in [-0.25, -0.2) is 0 Å². The van der Waals surface area contributed by atoms with E-state index in [0.29, 0.717) is 13.0 Å². The van der Waals surface area contributed by atoms with E-state index in [1.165, 1.54) is 12.3 Å². The molecule has 7 heteroatoms. The van der Waals surface area contributed by atoms with Crippen molar-refractivity contribution >= 4 is 5.91 Å². The first kappa shape index (κ1) is 15.4. The van der Waals surface area contributed by atoms with Crippen LogP contribution < -0.4 is 10.6 Å². The molecule has 1 aromatic heterocycles. The van der Waals surface area contributed by atoms with Crippen LogP contribution in [0.2, 0.25) is 0 Å². The Kier molecular flexibility index (Phi) is 5.75. The molecule has 0 spiro atoms. The van der Waals surface area contributed by atoms with Gasteiger partial charge < -0.3 is 10.6 Å². The lowest BCUT2D eigenvalue weighted by Gasteiger charge is -2.12. The van der Waals surface area contributed by atoms with Gasteiger partial charge in [0.05, 0.1) is 17.8 Å². The van der Waals surface area contributed by atoms with Crippen molar-refractivity contribution in [3.63, 3.8) is 0 Å². The Balaban J connectivity index is 2.56. The Morgan fingerprint density at radius 3 is 2.79 bits per heavy atom. The summed E-state index contributed by atoms with van der Waals surface area (Å²) in [6, 6.07) is 2.18. The van der Waals surface area contributed by atoms with Crippen molar-refractivity contribution in [1.29, 1.82) is 0 Å². The molecule has 2 N–H and O–H groups in total. The highest BCUT2D eigenvalue weighted by atomic mass is 19.4. The highest BCUT2D eigenvalue weighted by Gasteiger charge is 2.33. The second-order valence-corrected chi connectivity index (χ2v) is 3.98. The van der Waals surface area contributed by atoms with Gasteiger partial charge >= 0.3 is 6.18 Å². The molecule has 0 bridgehead atoms. The van der Waals surface area contributed by atoms with Crippen molar-refractivity contribution in [2.45, 2.75) is 25.6 Å². The van der Waals surface area contributed by atoms with Crippen LogP contribution in [0.4, 0.5) is 13.2 Å². The number of nitrogens with one attached hydrogen (secondary N) is 2. The third-order valence-corrected chi connectivity index (χ3v) is 2.48. The summed E-state index contributed by atoms with van der Waals surface area (Å²) in [5.41, 5.74) is -0.984. The minimum atomic E-state index is -4.46. The fourth-order valence-corrected chi connectivity index (χ4v) is 1.53. The highest BCUT2D eigenvalue weighted by molar-refractivity contribution is 5.75. The van der Waals surface area contributed by atoms with Crippen LogP contribution in [0.5, 0.6) is 0 Å². The van der Waals surface area contributed by atoms with Crippen molar-refractivity contribution in [2.75, 3.05) is 13.6 Å². The van der Waals surface area contributed by atoms with Crippen LogP contribution in [0.1, 0.15) is 24.1 Å². The Morgan fingerprint density at radius 2 is 2.16 bits per heavy atom. The SMILES string of the molecule is CNCCCC(=O)NCc1ncccc1C(F)(F)F. The fourth-order valence-electron chi connectivity index (χ4n) is 1.53. The van der Waals surface area contributed by atoms with Crippen LogP contribution in [0, 0.1) is 0 Å². The topological polar surface area (TPSA) is 54.0 Å². The standard InChI is InChI=1S/C12H16F3N3O/c1-16-6-3-5-11(19)18-8-10-9(12(13,14)15)4-2-7-17-10/h2,4,7,16H,3,5-6,8H2,1H3,(H,18,19). The first-order valence-corrected chi connectivity index (χ1v) is 5.87. The van der Waals surface area contributed by atoms with Crippen molar-refractivity contribution in [3.05, 3.63) is 29.6 Å². The summed E-state index contributed by atoms with van der Waals surface area (Å²) in [7, 11) is 1.77. The quantitative estimate of drug-likeness (QED) is 0.777. The number of aromatic nitrogens is 1. The van der Waals surface area contributed by atoms with Gasteiger partial charge in [0.25, 0.3) is 0 Å². The monoisotopic (exact) mass is 275 g/mol. The van der Waals surface area contributed by atoms with Gasteiger partial charge in [0.1, 0.15) is 0 Å². The molecule has 0 radical (unpaired) electrons. The Labute approximate surface area is 109 Å². The van der Waals surface area contributed by atoms with Gasteiger partial charge in [-0.1, -0.05) is 0 Å². The Hall–Kier alpha value is -1.63. The lowest BCUT2D eigenvalue weighted by Crippen LogP contribution is -2.25. The van der Waals surface area contributed by atoms with Gasteiger partial charge in [-0.15, -0.1) is 0 Å². The summed E-state index contributed by atoms with van der Waals surface area (Å²) in [5, 5.41) is 5.33. The Bertz CT molecular complexity index is 421. The van der Waals surface area contributed by atoms with Crippen LogP contribution >= 0.6 is 0 Å². The third kappa shape index (κ3) is 5.25. The number of hydrogen-bond donors (Lipinski definition) is 2. The molecule has 1 amide bonds. The molecule has 0 aromatic carbocycles. The van der Waals surface area contributed by atoms with E-state index in [9.17, 15) is 18.0 Å². The lowest BCUT2D eigenvalue weighted by molar-refractivity contribution is -0.138. The van der Waals surface area contributed by atoms with Gasteiger partial charge in [0, 0.05) is 12.6 Å². The number of nitrogens with zero attached hydrogens (tertiary/aromatic N) is 1. The highest BCUT2D eigenvalue weighted by Crippen LogP contribution is 2.30. The summed E-state index contributed by atoms with van der Waals surface area (Å²) in [5.74, 6) is -0.283. The summed E-state index contributed by atoms with van der Waals surface area (Å²) in [6.45, 7) is 0.471. The first-order valence-electron chi connectivity index (χ1n) is 5.87. The number of hydrogen-bond acceptors (Lipinski definition) is 3. The van der Waals surface area contributed by atoms with E-state index in [1.807, 2.05) is 0 Å². The zero-order valence-electron chi connectivity index (χ0n) is 10.5. The molecule has 106 valence electrons. The normalized spacial score (nSPS) is 11.4. The number of rotatable bonds is 6. The molecule has 0 atom stereocenters. The summed E-state index contributed by atoms with van der Waals surface area (Å²) >= 11 is 0. The minimum Gasteiger partial charge on any atom is -0.350 e. The van der Waals surface area contributed by atoms with Gasteiger partial charge in [0.2, 0.25) is 5.91 Å². The van der Waals surface area contributed by atoms with Crippen molar-refractivity contribution in [3.8, 4) is 0 Å². The zero-order valence-corrected chi connectivity index (χ0v) is 10.5.